The molecule has 2 aromatic carbocycles. The Bertz CT molecular complexity index is 1410. The second-order valence-corrected chi connectivity index (χ2v) is 11.5. The molecule has 0 saturated heterocycles. The summed E-state index contributed by atoms with van der Waals surface area (Å²) in [6.07, 6.45) is 0.855. The van der Waals surface area contributed by atoms with Crippen molar-refractivity contribution in [3.05, 3.63) is 85.4 Å². The van der Waals surface area contributed by atoms with Gasteiger partial charge in [-0.1, -0.05) is 58.0 Å². The molecule has 0 unspecified atom stereocenters. The van der Waals surface area contributed by atoms with Gasteiger partial charge in [0.1, 0.15) is 4.83 Å². The smallest absolute Gasteiger partial charge is 0.267 e. The van der Waals surface area contributed by atoms with E-state index in [2.05, 4.69) is 34.7 Å². The summed E-state index contributed by atoms with van der Waals surface area (Å²) in [6, 6.07) is 17.4. The van der Waals surface area contributed by atoms with Crippen molar-refractivity contribution in [1.29, 1.82) is 0 Å². The van der Waals surface area contributed by atoms with E-state index in [1.54, 1.807) is 15.9 Å². The average molecular weight is 555 g/mol. The van der Waals surface area contributed by atoms with Gasteiger partial charge >= 0.3 is 0 Å². The number of thiophene rings is 1. The molecule has 4 aromatic rings. The number of nitrogens with zero attached hydrogens (tertiary/aromatic N) is 3. The minimum atomic E-state index is -0.0507. The molecule has 2 aromatic heterocycles. The van der Waals surface area contributed by atoms with Crippen LogP contribution in [-0.2, 0) is 13.0 Å². The first-order chi connectivity index (χ1) is 16.4. The second-order valence-electron chi connectivity index (χ2n) is 8.59. The highest BCUT2D eigenvalue weighted by Crippen LogP contribution is 2.35. The summed E-state index contributed by atoms with van der Waals surface area (Å²) in [5, 5.41) is 1.28. The number of carbonyl (C=O) groups is 1. The largest absolute Gasteiger partial charge is 0.296 e. The summed E-state index contributed by atoms with van der Waals surface area (Å²) in [4.78, 5) is 36.1. The zero-order chi connectivity index (χ0) is 23.8. The van der Waals surface area contributed by atoms with Crippen LogP contribution in [0.2, 0.25) is 0 Å². The van der Waals surface area contributed by atoms with Gasteiger partial charge in [-0.25, -0.2) is 4.98 Å². The van der Waals surface area contributed by atoms with Crippen LogP contribution in [0.15, 0.2) is 69.0 Å². The number of rotatable bonds is 6. The van der Waals surface area contributed by atoms with Crippen LogP contribution in [0.1, 0.15) is 34.6 Å². The fraction of sp³-hybridized carbons (Fsp3) is 0.269. The van der Waals surface area contributed by atoms with Gasteiger partial charge in [-0.15, -0.1) is 11.3 Å². The number of carbonyl (C=O) groups excluding carboxylic acids is 1. The summed E-state index contributed by atoms with van der Waals surface area (Å²) < 4.78 is 2.60. The first-order valence-electron chi connectivity index (χ1n) is 11.2. The molecule has 0 N–H and O–H groups in total. The molecule has 0 fully saturated rings. The number of halogens is 1. The number of benzene rings is 2. The van der Waals surface area contributed by atoms with E-state index in [-0.39, 0.29) is 17.1 Å². The van der Waals surface area contributed by atoms with E-state index >= 15 is 0 Å². The zero-order valence-corrected chi connectivity index (χ0v) is 22.2. The minimum absolute atomic E-state index is 0.00417. The Labute approximate surface area is 215 Å². The van der Waals surface area contributed by atoms with Gasteiger partial charge in [-0.2, -0.15) is 0 Å². The molecule has 34 heavy (non-hydrogen) atoms. The van der Waals surface area contributed by atoms with E-state index in [1.165, 1.54) is 16.6 Å². The number of hydrogen-bond donors (Lipinski definition) is 0. The molecule has 0 atom stereocenters. The van der Waals surface area contributed by atoms with Crippen molar-refractivity contribution >= 4 is 55.0 Å². The lowest BCUT2D eigenvalue weighted by Crippen LogP contribution is -2.35. The first-order valence-corrected chi connectivity index (χ1v) is 13.8. The number of fused-ring (bicyclic) bond motifs is 3. The molecule has 0 bridgehead atoms. The summed E-state index contributed by atoms with van der Waals surface area (Å²) in [7, 11) is 0. The standard InChI is InChI=1S/C26H24BrN3O2S2/c1-16(2)29-13-12-20-22(14-29)34-24-23(20)25(32)30(19-6-4-3-5-7-19)26(28-24)33-15-21(31)17-8-10-18(27)11-9-17/h3-11,16H,12-15H2,1-2H3. The molecular formula is C26H24BrN3O2S2. The lowest BCUT2D eigenvalue weighted by molar-refractivity contribution is 0.102. The van der Waals surface area contributed by atoms with Crippen molar-refractivity contribution in [2.45, 2.75) is 38.0 Å². The quantitative estimate of drug-likeness (QED) is 0.168. The molecule has 0 amide bonds. The van der Waals surface area contributed by atoms with Crippen molar-refractivity contribution in [3.8, 4) is 5.69 Å². The summed E-state index contributed by atoms with van der Waals surface area (Å²) in [5.74, 6) is 0.211. The maximum Gasteiger partial charge on any atom is 0.267 e. The fourth-order valence-corrected chi connectivity index (χ4v) is 6.69. The summed E-state index contributed by atoms with van der Waals surface area (Å²) >= 11 is 6.34. The Hall–Kier alpha value is -2.26. The Morgan fingerprint density at radius 2 is 1.88 bits per heavy atom. The van der Waals surface area contributed by atoms with Gasteiger partial charge in [0.15, 0.2) is 10.9 Å². The molecule has 1 aliphatic rings. The third kappa shape index (κ3) is 4.52. The van der Waals surface area contributed by atoms with Gasteiger partial charge in [0.05, 0.1) is 16.8 Å². The molecule has 5 rings (SSSR count). The summed E-state index contributed by atoms with van der Waals surface area (Å²) in [6.45, 7) is 6.20. The molecule has 0 saturated carbocycles. The van der Waals surface area contributed by atoms with Gasteiger partial charge in [-0.05, 0) is 50.1 Å². The van der Waals surface area contributed by atoms with Crippen LogP contribution in [0.3, 0.4) is 0 Å². The Morgan fingerprint density at radius 3 is 2.59 bits per heavy atom. The van der Waals surface area contributed by atoms with Gasteiger partial charge in [0, 0.05) is 34.0 Å². The van der Waals surface area contributed by atoms with E-state index in [0.717, 1.165) is 45.5 Å². The van der Waals surface area contributed by atoms with Crippen molar-refractivity contribution in [2.75, 3.05) is 12.3 Å². The van der Waals surface area contributed by atoms with Crippen molar-refractivity contribution in [3.63, 3.8) is 0 Å². The molecule has 1 aliphatic heterocycles. The number of ketones is 1. The number of hydrogen-bond acceptors (Lipinski definition) is 6. The number of aromatic nitrogens is 2. The molecule has 8 heteroatoms. The van der Waals surface area contributed by atoms with Gasteiger partial charge in [-0.3, -0.25) is 19.1 Å². The van der Waals surface area contributed by atoms with Crippen molar-refractivity contribution in [2.24, 2.45) is 0 Å². The maximum atomic E-state index is 13.9. The summed E-state index contributed by atoms with van der Waals surface area (Å²) in [5.41, 5.74) is 2.50. The SMILES string of the molecule is CC(C)N1CCc2c(sc3nc(SCC(=O)c4ccc(Br)cc4)n(-c4ccccc4)c(=O)c23)C1. The molecule has 0 spiro atoms. The van der Waals surface area contributed by atoms with Crippen molar-refractivity contribution < 1.29 is 4.79 Å². The third-order valence-electron chi connectivity index (χ3n) is 6.12. The Morgan fingerprint density at radius 1 is 1.15 bits per heavy atom. The van der Waals surface area contributed by atoms with Crippen LogP contribution in [0.5, 0.6) is 0 Å². The normalized spacial score (nSPS) is 14.0. The predicted octanol–water partition coefficient (Wildman–Crippen LogP) is 5.95. The number of Topliss-reactive ketones (excluding diaryl/α,β-unsaturated/α-hetero) is 1. The molecule has 0 aliphatic carbocycles. The molecule has 174 valence electrons. The van der Waals surface area contributed by atoms with Gasteiger partial charge in [0.2, 0.25) is 0 Å². The first kappa shape index (κ1) is 23.5. The lowest BCUT2D eigenvalue weighted by atomic mass is 10.0. The van der Waals surface area contributed by atoms with E-state index in [1.807, 2.05) is 54.6 Å². The fourth-order valence-electron chi connectivity index (χ4n) is 4.24. The molecule has 0 radical (unpaired) electrons. The Kier molecular flexibility index (Phi) is 6.75. The van der Waals surface area contributed by atoms with Gasteiger partial charge < -0.3 is 0 Å². The maximum absolute atomic E-state index is 13.9. The van der Waals surface area contributed by atoms with Crippen LogP contribution in [0.4, 0.5) is 0 Å². The number of para-hydroxylation sites is 1. The molecule has 3 heterocycles. The molecule has 5 nitrogen and oxygen atoms in total. The predicted molar refractivity (Wildman–Crippen MR) is 144 cm³/mol. The minimum Gasteiger partial charge on any atom is -0.296 e. The van der Waals surface area contributed by atoms with E-state index in [9.17, 15) is 9.59 Å². The zero-order valence-electron chi connectivity index (χ0n) is 19.0. The van der Waals surface area contributed by atoms with Crippen LogP contribution in [0, 0.1) is 0 Å². The van der Waals surface area contributed by atoms with Crippen molar-refractivity contribution in [1.82, 2.24) is 14.5 Å². The Balaban J connectivity index is 1.57. The second kappa shape index (κ2) is 9.77. The van der Waals surface area contributed by atoms with E-state index in [4.69, 9.17) is 4.98 Å². The number of thioether (sulfide) groups is 1. The molecular weight excluding hydrogens is 530 g/mol. The van der Waals surface area contributed by atoms with Crippen LogP contribution in [-0.4, -0.2) is 38.6 Å². The third-order valence-corrected chi connectivity index (χ3v) is 8.69. The average Bonchev–Trinajstić information content (AvgIpc) is 3.21. The highest BCUT2D eigenvalue weighted by atomic mass is 79.9. The van der Waals surface area contributed by atoms with Gasteiger partial charge in [0.25, 0.3) is 5.56 Å². The lowest BCUT2D eigenvalue weighted by Gasteiger charge is -2.30. The van der Waals surface area contributed by atoms with E-state index < -0.39 is 0 Å². The monoisotopic (exact) mass is 553 g/mol. The van der Waals surface area contributed by atoms with Crippen LogP contribution in [0.25, 0.3) is 15.9 Å². The van der Waals surface area contributed by atoms with E-state index in [0.29, 0.717) is 16.8 Å². The highest BCUT2D eigenvalue weighted by molar-refractivity contribution is 9.10. The topological polar surface area (TPSA) is 55.2 Å². The van der Waals surface area contributed by atoms with Crippen LogP contribution < -0.4 is 5.56 Å². The highest BCUT2D eigenvalue weighted by Gasteiger charge is 2.26. The van der Waals surface area contributed by atoms with Crippen LogP contribution >= 0.6 is 39.0 Å².